The minimum atomic E-state index is -3.51. The molecule has 1 aromatic heterocycles. The lowest BCUT2D eigenvalue weighted by Gasteiger charge is -2.09. The molecule has 5 nitrogen and oxygen atoms in total. The minimum absolute atomic E-state index is 0.00325. The smallest absolute Gasteiger partial charge is 0.257 e. The number of anilines is 1. The number of nitrogens with one attached hydrogen (secondary N) is 1. The van der Waals surface area contributed by atoms with E-state index in [1.165, 1.54) is 30.4 Å². The molecule has 2 aromatic rings. The first-order chi connectivity index (χ1) is 10.8. The van der Waals surface area contributed by atoms with E-state index in [4.69, 9.17) is 0 Å². The summed E-state index contributed by atoms with van der Waals surface area (Å²) >= 11 is 1.30. The summed E-state index contributed by atoms with van der Waals surface area (Å²) in [5.41, 5.74) is 1.32. The Morgan fingerprint density at radius 1 is 1.30 bits per heavy atom. The van der Waals surface area contributed by atoms with Crippen molar-refractivity contribution in [1.29, 1.82) is 5.26 Å². The van der Waals surface area contributed by atoms with E-state index < -0.39 is 15.7 Å². The fourth-order valence-electron chi connectivity index (χ4n) is 2.10. The van der Waals surface area contributed by atoms with Gasteiger partial charge in [-0.1, -0.05) is 19.1 Å². The van der Waals surface area contributed by atoms with Gasteiger partial charge >= 0.3 is 0 Å². The Balaban J connectivity index is 2.45. The van der Waals surface area contributed by atoms with Crippen LogP contribution in [0, 0.1) is 25.2 Å². The number of aryl methyl sites for hydroxylation is 1. The second-order valence-electron chi connectivity index (χ2n) is 4.95. The third kappa shape index (κ3) is 3.28. The summed E-state index contributed by atoms with van der Waals surface area (Å²) in [6.07, 6.45) is 0. The molecule has 23 heavy (non-hydrogen) atoms. The normalized spacial score (nSPS) is 11.0. The SMILES string of the molecule is CCS(=O)(=O)c1ccccc1C(=O)Nc1sc(C)c(C)c1C#N. The molecule has 0 unspecified atom stereocenters. The van der Waals surface area contributed by atoms with Crippen LogP contribution in [-0.2, 0) is 9.84 Å². The van der Waals surface area contributed by atoms with Gasteiger partial charge in [0, 0.05) is 4.88 Å². The van der Waals surface area contributed by atoms with E-state index in [0.29, 0.717) is 10.6 Å². The molecule has 1 heterocycles. The third-order valence-electron chi connectivity index (χ3n) is 3.57. The van der Waals surface area contributed by atoms with E-state index in [1.54, 1.807) is 12.1 Å². The summed E-state index contributed by atoms with van der Waals surface area (Å²) in [6.45, 7) is 5.21. The van der Waals surface area contributed by atoms with E-state index >= 15 is 0 Å². The summed E-state index contributed by atoms with van der Waals surface area (Å²) in [7, 11) is -3.51. The first-order valence-electron chi connectivity index (χ1n) is 6.95. The number of amides is 1. The Labute approximate surface area is 139 Å². The Hall–Kier alpha value is -2.17. The Bertz CT molecular complexity index is 906. The Morgan fingerprint density at radius 2 is 1.96 bits per heavy atom. The lowest BCUT2D eigenvalue weighted by Crippen LogP contribution is -2.17. The number of carbonyl (C=O) groups is 1. The van der Waals surface area contributed by atoms with Crippen molar-refractivity contribution in [2.45, 2.75) is 25.7 Å². The maximum Gasteiger partial charge on any atom is 0.257 e. The molecule has 120 valence electrons. The second-order valence-corrected chi connectivity index (χ2v) is 8.42. The van der Waals surface area contributed by atoms with Crippen LogP contribution in [0.25, 0.3) is 0 Å². The topological polar surface area (TPSA) is 87.0 Å². The quantitative estimate of drug-likeness (QED) is 0.918. The van der Waals surface area contributed by atoms with Gasteiger partial charge in [0.15, 0.2) is 9.84 Å². The molecular formula is C16H16N2O3S2. The molecule has 0 saturated carbocycles. The number of nitriles is 1. The standard InChI is InChI=1S/C16H16N2O3S2/c1-4-23(20,21)14-8-6-5-7-12(14)15(19)18-16-13(9-17)10(2)11(3)22-16/h5-8H,4H2,1-3H3,(H,18,19). The molecule has 0 fully saturated rings. The highest BCUT2D eigenvalue weighted by atomic mass is 32.2. The zero-order chi connectivity index (χ0) is 17.2. The molecule has 0 aliphatic carbocycles. The van der Waals surface area contributed by atoms with Crippen LogP contribution in [0.2, 0.25) is 0 Å². The molecule has 0 radical (unpaired) electrons. The highest BCUT2D eigenvalue weighted by Crippen LogP contribution is 2.32. The van der Waals surface area contributed by atoms with Crippen molar-refractivity contribution < 1.29 is 13.2 Å². The molecule has 2 rings (SSSR count). The van der Waals surface area contributed by atoms with Gasteiger partial charge in [-0.15, -0.1) is 11.3 Å². The van der Waals surface area contributed by atoms with Crippen molar-refractivity contribution in [3.8, 4) is 6.07 Å². The fourth-order valence-corrected chi connectivity index (χ4v) is 4.20. The molecule has 1 N–H and O–H groups in total. The van der Waals surface area contributed by atoms with Crippen LogP contribution in [-0.4, -0.2) is 20.1 Å². The highest BCUT2D eigenvalue weighted by molar-refractivity contribution is 7.91. The summed E-state index contributed by atoms with van der Waals surface area (Å²) in [4.78, 5) is 13.4. The molecule has 0 spiro atoms. The number of nitrogens with zero attached hydrogens (tertiary/aromatic N) is 1. The predicted octanol–water partition coefficient (Wildman–Crippen LogP) is 3.28. The molecule has 1 amide bonds. The van der Waals surface area contributed by atoms with Gasteiger partial charge in [-0.3, -0.25) is 4.79 Å². The zero-order valence-electron chi connectivity index (χ0n) is 13.0. The van der Waals surface area contributed by atoms with Crippen molar-refractivity contribution in [1.82, 2.24) is 0 Å². The summed E-state index contributed by atoms with van der Waals surface area (Å²) in [5, 5.41) is 12.3. The molecule has 0 saturated heterocycles. The largest absolute Gasteiger partial charge is 0.312 e. The van der Waals surface area contributed by atoms with Gasteiger partial charge in [-0.25, -0.2) is 8.42 Å². The van der Waals surface area contributed by atoms with E-state index in [0.717, 1.165) is 10.4 Å². The van der Waals surface area contributed by atoms with Gasteiger partial charge in [-0.2, -0.15) is 5.26 Å². The minimum Gasteiger partial charge on any atom is -0.312 e. The average molecular weight is 348 g/mol. The van der Waals surface area contributed by atoms with Gasteiger partial charge in [-0.05, 0) is 31.5 Å². The van der Waals surface area contributed by atoms with E-state index in [2.05, 4.69) is 11.4 Å². The Morgan fingerprint density at radius 3 is 2.57 bits per heavy atom. The molecular weight excluding hydrogens is 332 g/mol. The first kappa shape index (κ1) is 17.2. The van der Waals surface area contributed by atoms with Crippen LogP contribution in [0.5, 0.6) is 0 Å². The zero-order valence-corrected chi connectivity index (χ0v) is 14.6. The number of carbonyl (C=O) groups excluding carboxylic acids is 1. The predicted molar refractivity (Wildman–Crippen MR) is 90.6 cm³/mol. The van der Waals surface area contributed by atoms with Crippen molar-refractivity contribution in [3.05, 3.63) is 45.8 Å². The van der Waals surface area contributed by atoms with Crippen LogP contribution in [0.1, 0.15) is 33.3 Å². The van der Waals surface area contributed by atoms with Gasteiger partial charge in [0.25, 0.3) is 5.91 Å². The van der Waals surface area contributed by atoms with Crippen LogP contribution in [0.15, 0.2) is 29.2 Å². The number of sulfone groups is 1. The van der Waals surface area contributed by atoms with Gasteiger partial charge < -0.3 is 5.32 Å². The van der Waals surface area contributed by atoms with E-state index in [1.807, 2.05) is 13.8 Å². The second kappa shape index (κ2) is 6.52. The van der Waals surface area contributed by atoms with Gasteiger partial charge in [0.2, 0.25) is 0 Å². The lowest BCUT2D eigenvalue weighted by atomic mass is 10.1. The fraction of sp³-hybridized carbons (Fsp3) is 0.250. The Kier molecular flexibility index (Phi) is 4.88. The number of hydrogen-bond acceptors (Lipinski definition) is 5. The molecule has 7 heteroatoms. The lowest BCUT2D eigenvalue weighted by molar-refractivity contribution is 0.102. The van der Waals surface area contributed by atoms with E-state index in [9.17, 15) is 18.5 Å². The number of hydrogen-bond donors (Lipinski definition) is 1. The molecule has 0 atom stereocenters. The van der Waals surface area contributed by atoms with Crippen molar-refractivity contribution in [3.63, 3.8) is 0 Å². The highest BCUT2D eigenvalue weighted by Gasteiger charge is 2.22. The summed E-state index contributed by atoms with van der Waals surface area (Å²) in [5.74, 6) is -0.617. The molecule has 0 bridgehead atoms. The maximum atomic E-state index is 12.5. The maximum absolute atomic E-state index is 12.5. The van der Waals surface area contributed by atoms with Gasteiger partial charge in [0.1, 0.15) is 11.1 Å². The summed E-state index contributed by atoms with van der Waals surface area (Å²) in [6, 6.07) is 8.16. The first-order valence-corrected chi connectivity index (χ1v) is 9.42. The number of rotatable bonds is 4. The molecule has 0 aliphatic heterocycles. The van der Waals surface area contributed by atoms with Crippen molar-refractivity contribution in [2.24, 2.45) is 0 Å². The van der Waals surface area contributed by atoms with Gasteiger partial charge in [0.05, 0.1) is 21.8 Å². The van der Waals surface area contributed by atoms with Crippen LogP contribution < -0.4 is 5.32 Å². The third-order valence-corrected chi connectivity index (χ3v) is 6.48. The van der Waals surface area contributed by atoms with Crippen LogP contribution in [0.3, 0.4) is 0 Å². The number of thiophene rings is 1. The monoisotopic (exact) mass is 348 g/mol. The van der Waals surface area contributed by atoms with Crippen LogP contribution in [0.4, 0.5) is 5.00 Å². The van der Waals surface area contributed by atoms with E-state index in [-0.39, 0.29) is 16.2 Å². The van der Waals surface area contributed by atoms with Crippen molar-refractivity contribution in [2.75, 3.05) is 11.1 Å². The summed E-state index contributed by atoms with van der Waals surface area (Å²) < 4.78 is 24.3. The van der Waals surface area contributed by atoms with Crippen LogP contribution >= 0.6 is 11.3 Å². The average Bonchev–Trinajstić information content (AvgIpc) is 2.81. The number of benzene rings is 1. The molecule has 0 aliphatic rings. The van der Waals surface area contributed by atoms with Crippen molar-refractivity contribution >= 4 is 32.1 Å². The molecule has 1 aromatic carbocycles.